The number of fused-ring (bicyclic) bond motifs is 1. The van der Waals surface area contributed by atoms with Crippen molar-refractivity contribution in [3.05, 3.63) is 59.2 Å². The van der Waals surface area contributed by atoms with Crippen molar-refractivity contribution in [2.45, 2.75) is 52.4 Å². The number of aryl methyl sites for hydroxylation is 3. The van der Waals surface area contributed by atoms with Crippen molar-refractivity contribution >= 4 is 17.3 Å². The molecular weight excluding hydrogens is 447 g/mol. The molecule has 1 aliphatic rings. The highest BCUT2D eigenvalue weighted by atomic mass is 19.4. The highest BCUT2D eigenvalue weighted by molar-refractivity contribution is 6.04. The van der Waals surface area contributed by atoms with Gasteiger partial charge in [0.1, 0.15) is 24.1 Å². The molecule has 8 nitrogen and oxygen atoms in total. The van der Waals surface area contributed by atoms with Crippen molar-refractivity contribution < 1.29 is 18.0 Å². The summed E-state index contributed by atoms with van der Waals surface area (Å²) < 4.78 is 40.1. The van der Waals surface area contributed by atoms with Crippen LogP contribution in [0.3, 0.4) is 0 Å². The number of carbonyl (C=O) groups is 1. The summed E-state index contributed by atoms with van der Waals surface area (Å²) in [6.45, 7) is 5.95. The lowest BCUT2D eigenvalue weighted by Gasteiger charge is -2.38. The molecule has 0 radical (unpaired) electrons. The van der Waals surface area contributed by atoms with E-state index in [9.17, 15) is 18.0 Å². The molecule has 4 rings (SSSR count). The van der Waals surface area contributed by atoms with E-state index in [2.05, 4.69) is 25.4 Å². The van der Waals surface area contributed by atoms with Gasteiger partial charge in [0.05, 0.1) is 23.3 Å². The first-order chi connectivity index (χ1) is 16.0. The zero-order valence-electron chi connectivity index (χ0n) is 19.4. The third-order valence-corrected chi connectivity index (χ3v) is 5.83. The Balaban J connectivity index is 1.45. The van der Waals surface area contributed by atoms with Gasteiger partial charge in [-0.1, -0.05) is 13.8 Å². The van der Waals surface area contributed by atoms with Crippen molar-refractivity contribution in [2.24, 2.45) is 5.92 Å². The third kappa shape index (κ3) is 4.87. The Bertz CT molecular complexity index is 1210. The molecule has 0 bridgehead atoms. The fourth-order valence-corrected chi connectivity index (χ4v) is 4.22. The standard InChI is InChI=1S/C23H26F3N7O/c1-13(2)21-22(34)31-20-14(3)29-16(9-17(20)32(21)4)6-5-15-10-28-33(11-15)12-19-27-8-7-18(30-19)23(24,25)26/h7-11,13,21H,5-6,12H2,1-4H3,(H,31,34)/t21-/m0/s1. The van der Waals surface area contributed by atoms with E-state index in [1.807, 2.05) is 38.8 Å². The van der Waals surface area contributed by atoms with Crippen LogP contribution in [-0.4, -0.2) is 43.7 Å². The van der Waals surface area contributed by atoms with Crippen LogP contribution in [-0.2, 0) is 30.4 Å². The van der Waals surface area contributed by atoms with Crippen LogP contribution in [0, 0.1) is 12.8 Å². The second kappa shape index (κ2) is 9.03. The summed E-state index contributed by atoms with van der Waals surface area (Å²) in [5.74, 6) is 0.169. The van der Waals surface area contributed by atoms with E-state index in [0.717, 1.165) is 40.6 Å². The Morgan fingerprint density at radius 2 is 1.97 bits per heavy atom. The van der Waals surface area contributed by atoms with Gasteiger partial charge in [0.15, 0.2) is 0 Å². The van der Waals surface area contributed by atoms with Crippen LogP contribution in [0.5, 0.6) is 0 Å². The predicted molar refractivity (Wildman–Crippen MR) is 120 cm³/mol. The van der Waals surface area contributed by atoms with Crippen molar-refractivity contribution in [2.75, 3.05) is 17.3 Å². The minimum atomic E-state index is -4.51. The maximum Gasteiger partial charge on any atom is 0.433 e. The highest BCUT2D eigenvalue weighted by Crippen LogP contribution is 2.35. The van der Waals surface area contributed by atoms with Crippen molar-refractivity contribution in [3.8, 4) is 0 Å². The van der Waals surface area contributed by atoms with Gasteiger partial charge in [-0.05, 0) is 43.4 Å². The Kier molecular flexibility index (Phi) is 6.28. The van der Waals surface area contributed by atoms with E-state index in [1.54, 1.807) is 12.4 Å². The van der Waals surface area contributed by atoms with Crippen LogP contribution in [0.4, 0.5) is 24.5 Å². The number of likely N-dealkylation sites (N-methyl/N-ethyl adjacent to an activating group) is 1. The lowest BCUT2D eigenvalue weighted by Crippen LogP contribution is -2.49. The smallest absolute Gasteiger partial charge is 0.361 e. The van der Waals surface area contributed by atoms with E-state index in [1.165, 1.54) is 4.68 Å². The maximum absolute atomic E-state index is 12.9. The van der Waals surface area contributed by atoms with Crippen LogP contribution in [0.25, 0.3) is 0 Å². The van der Waals surface area contributed by atoms with Gasteiger partial charge in [-0.2, -0.15) is 18.3 Å². The summed E-state index contributed by atoms with van der Waals surface area (Å²) in [7, 11) is 1.92. The predicted octanol–water partition coefficient (Wildman–Crippen LogP) is 3.64. The first-order valence-corrected chi connectivity index (χ1v) is 11.0. The molecule has 3 aromatic rings. The van der Waals surface area contributed by atoms with Crippen LogP contribution in [0.2, 0.25) is 0 Å². The summed E-state index contributed by atoms with van der Waals surface area (Å²) >= 11 is 0. The number of hydrogen-bond donors (Lipinski definition) is 1. The number of amides is 1. The van der Waals surface area contributed by atoms with Crippen LogP contribution >= 0.6 is 0 Å². The summed E-state index contributed by atoms with van der Waals surface area (Å²) in [5.41, 5.74) is 3.27. The van der Waals surface area contributed by atoms with Gasteiger partial charge in [-0.15, -0.1) is 0 Å². The molecule has 1 aliphatic heterocycles. The Morgan fingerprint density at radius 3 is 2.68 bits per heavy atom. The number of nitrogens with one attached hydrogen (secondary N) is 1. The van der Waals surface area contributed by atoms with E-state index >= 15 is 0 Å². The number of halogens is 3. The first kappa shape index (κ1) is 23.7. The molecule has 0 unspecified atom stereocenters. The fourth-order valence-electron chi connectivity index (χ4n) is 4.22. The number of carbonyl (C=O) groups excluding carboxylic acids is 1. The largest absolute Gasteiger partial charge is 0.433 e. The van der Waals surface area contributed by atoms with Crippen molar-refractivity contribution in [1.82, 2.24) is 24.7 Å². The zero-order valence-corrected chi connectivity index (χ0v) is 19.4. The van der Waals surface area contributed by atoms with Crippen molar-refractivity contribution in [1.29, 1.82) is 0 Å². The zero-order chi connectivity index (χ0) is 24.6. The molecule has 1 atom stereocenters. The van der Waals surface area contributed by atoms with Gasteiger partial charge < -0.3 is 10.2 Å². The second-order valence-corrected chi connectivity index (χ2v) is 8.78. The molecule has 1 N–H and O–H groups in total. The van der Waals surface area contributed by atoms with Gasteiger partial charge in [0.25, 0.3) is 0 Å². The second-order valence-electron chi connectivity index (χ2n) is 8.78. The minimum Gasteiger partial charge on any atom is -0.361 e. The van der Waals surface area contributed by atoms with Crippen LogP contribution in [0.1, 0.15) is 42.3 Å². The van der Waals surface area contributed by atoms with E-state index in [4.69, 9.17) is 0 Å². The highest BCUT2D eigenvalue weighted by Gasteiger charge is 2.34. The van der Waals surface area contributed by atoms with Gasteiger partial charge in [0, 0.05) is 25.1 Å². The van der Waals surface area contributed by atoms with Gasteiger partial charge >= 0.3 is 6.18 Å². The minimum absolute atomic E-state index is 0.0279. The quantitative estimate of drug-likeness (QED) is 0.588. The number of pyridine rings is 1. The van der Waals surface area contributed by atoms with E-state index in [0.29, 0.717) is 12.8 Å². The van der Waals surface area contributed by atoms with Gasteiger partial charge in [0.2, 0.25) is 5.91 Å². The average molecular weight is 474 g/mol. The normalized spacial score (nSPS) is 16.1. The summed E-state index contributed by atoms with van der Waals surface area (Å²) in [6, 6.07) is 2.59. The monoisotopic (exact) mass is 473 g/mol. The summed E-state index contributed by atoms with van der Waals surface area (Å²) in [6.07, 6.45) is 1.34. The number of nitrogens with zero attached hydrogens (tertiary/aromatic N) is 6. The molecule has 0 saturated heterocycles. The number of hydrogen-bond acceptors (Lipinski definition) is 6. The summed E-state index contributed by atoms with van der Waals surface area (Å²) in [4.78, 5) is 26.7. The molecule has 34 heavy (non-hydrogen) atoms. The lowest BCUT2D eigenvalue weighted by molar-refractivity contribution is -0.141. The molecule has 4 heterocycles. The number of anilines is 2. The Morgan fingerprint density at radius 1 is 1.21 bits per heavy atom. The molecule has 0 spiro atoms. The van der Waals surface area contributed by atoms with Crippen molar-refractivity contribution in [3.63, 3.8) is 0 Å². The third-order valence-electron chi connectivity index (χ3n) is 5.83. The molecule has 3 aromatic heterocycles. The van der Waals surface area contributed by atoms with E-state index < -0.39 is 11.9 Å². The molecule has 0 saturated carbocycles. The molecule has 0 aliphatic carbocycles. The molecule has 180 valence electrons. The Hall–Kier alpha value is -3.50. The van der Waals surface area contributed by atoms with Crippen LogP contribution < -0.4 is 10.2 Å². The molecule has 0 aromatic carbocycles. The van der Waals surface area contributed by atoms with Crippen LogP contribution in [0.15, 0.2) is 30.7 Å². The molecule has 11 heteroatoms. The number of alkyl halides is 3. The number of aromatic nitrogens is 5. The molecular formula is C23H26F3N7O. The van der Waals surface area contributed by atoms with Gasteiger partial charge in [-0.25, -0.2) is 9.97 Å². The molecule has 1 amide bonds. The summed E-state index contributed by atoms with van der Waals surface area (Å²) in [5, 5.41) is 7.22. The lowest BCUT2D eigenvalue weighted by atomic mass is 9.97. The first-order valence-electron chi connectivity index (χ1n) is 11.0. The maximum atomic E-state index is 12.9. The van der Waals surface area contributed by atoms with Gasteiger partial charge in [-0.3, -0.25) is 14.5 Å². The average Bonchev–Trinajstić information content (AvgIpc) is 3.20. The number of rotatable bonds is 6. The SMILES string of the molecule is Cc1nc(CCc2cnn(Cc3nccc(C(F)(F)F)n3)c2)cc2c1NC(=O)[C@H](C(C)C)N2C. The van der Waals surface area contributed by atoms with E-state index in [-0.39, 0.29) is 30.2 Å². The topological polar surface area (TPSA) is 88.8 Å². The Labute approximate surface area is 195 Å². The fraction of sp³-hybridized carbons (Fsp3) is 0.435. The molecule has 0 fully saturated rings.